The minimum atomic E-state index is -0.484. The molecule has 0 radical (unpaired) electrons. The maximum absolute atomic E-state index is 12.0. The van der Waals surface area contributed by atoms with E-state index in [1.54, 1.807) is 0 Å². The molecule has 0 aromatic carbocycles. The Kier molecular flexibility index (Phi) is 4.93. The second-order valence-corrected chi connectivity index (χ2v) is 6.50. The molecule has 1 aliphatic rings. The Morgan fingerprint density at radius 2 is 2.29 bits per heavy atom. The van der Waals surface area contributed by atoms with Gasteiger partial charge in [0.1, 0.15) is 0 Å². The third-order valence-corrected chi connectivity index (χ3v) is 4.47. The normalized spacial score (nSPS) is 18.9. The average Bonchev–Trinajstić information content (AvgIpc) is 3.21. The number of aromatic nitrogens is 1. The van der Waals surface area contributed by atoms with Crippen molar-refractivity contribution >= 4 is 6.03 Å². The second kappa shape index (κ2) is 6.52. The molecule has 5 heteroatoms. The summed E-state index contributed by atoms with van der Waals surface area (Å²) in [5.74, 6) is 0.409. The number of nitrogens with zero attached hydrogens (tertiary/aromatic N) is 1. The van der Waals surface area contributed by atoms with Crippen LogP contribution >= 0.6 is 0 Å². The van der Waals surface area contributed by atoms with Crippen molar-refractivity contribution in [3.05, 3.63) is 24.0 Å². The fourth-order valence-corrected chi connectivity index (χ4v) is 2.70. The number of amides is 2. The smallest absolute Gasteiger partial charge is 0.315 e. The van der Waals surface area contributed by atoms with E-state index in [-0.39, 0.29) is 18.7 Å². The summed E-state index contributed by atoms with van der Waals surface area (Å²) in [6.07, 6.45) is 6.03. The number of urea groups is 1. The molecule has 1 fully saturated rings. The number of aryl methyl sites for hydroxylation is 2. The average molecular weight is 293 g/mol. The van der Waals surface area contributed by atoms with E-state index < -0.39 is 5.54 Å². The maximum atomic E-state index is 12.0. The molecule has 5 nitrogen and oxygen atoms in total. The molecular weight excluding hydrogens is 266 g/mol. The molecule has 2 atom stereocenters. The van der Waals surface area contributed by atoms with Gasteiger partial charge in [0.25, 0.3) is 0 Å². The van der Waals surface area contributed by atoms with E-state index in [0.717, 1.165) is 25.7 Å². The standard InChI is InChI=1S/C16H27N3O2/c1-12(6-9-14-5-4-10-19(14)3)17-15(21)18-16(2,11-20)13-7-8-13/h4-5,10,12-13,20H,6-9,11H2,1-3H3,(H2,17,18,21). The van der Waals surface area contributed by atoms with Crippen molar-refractivity contribution in [3.8, 4) is 0 Å². The van der Waals surface area contributed by atoms with Crippen molar-refractivity contribution in [1.29, 1.82) is 0 Å². The van der Waals surface area contributed by atoms with Gasteiger partial charge >= 0.3 is 6.03 Å². The summed E-state index contributed by atoms with van der Waals surface area (Å²) in [5, 5.41) is 15.4. The summed E-state index contributed by atoms with van der Waals surface area (Å²) < 4.78 is 2.10. The number of carbonyl (C=O) groups is 1. The summed E-state index contributed by atoms with van der Waals surface area (Å²) in [5.41, 5.74) is 0.782. The van der Waals surface area contributed by atoms with Gasteiger partial charge < -0.3 is 20.3 Å². The Hall–Kier alpha value is -1.49. The highest BCUT2D eigenvalue weighted by molar-refractivity contribution is 5.75. The molecule has 1 aromatic rings. The highest BCUT2D eigenvalue weighted by Gasteiger charge is 2.42. The van der Waals surface area contributed by atoms with Crippen LogP contribution in [-0.2, 0) is 13.5 Å². The van der Waals surface area contributed by atoms with Crippen LogP contribution in [0.5, 0.6) is 0 Å². The monoisotopic (exact) mass is 293 g/mol. The van der Waals surface area contributed by atoms with Crippen LogP contribution in [0.2, 0.25) is 0 Å². The van der Waals surface area contributed by atoms with Crippen LogP contribution in [-0.4, -0.2) is 33.9 Å². The molecule has 2 unspecified atom stereocenters. The van der Waals surface area contributed by atoms with Crippen molar-refractivity contribution in [3.63, 3.8) is 0 Å². The molecule has 1 aliphatic carbocycles. The van der Waals surface area contributed by atoms with E-state index in [1.165, 1.54) is 5.69 Å². The Morgan fingerprint density at radius 3 is 2.81 bits per heavy atom. The minimum absolute atomic E-state index is 0.0111. The highest BCUT2D eigenvalue weighted by atomic mass is 16.3. The summed E-state index contributed by atoms with van der Waals surface area (Å²) in [7, 11) is 2.03. The lowest BCUT2D eigenvalue weighted by Gasteiger charge is -2.29. The predicted molar refractivity (Wildman–Crippen MR) is 83.1 cm³/mol. The number of rotatable bonds is 7. The number of hydrogen-bond acceptors (Lipinski definition) is 2. The van der Waals surface area contributed by atoms with Gasteiger partial charge in [-0.3, -0.25) is 0 Å². The largest absolute Gasteiger partial charge is 0.394 e. The van der Waals surface area contributed by atoms with Crippen molar-refractivity contribution in [2.45, 2.75) is 51.1 Å². The number of nitrogens with one attached hydrogen (secondary N) is 2. The van der Waals surface area contributed by atoms with Gasteiger partial charge in [-0.25, -0.2) is 4.79 Å². The fourth-order valence-electron chi connectivity index (χ4n) is 2.70. The molecular formula is C16H27N3O2. The molecule has 118 valence electrons. The number of aliphatic hydroxyl groups is 1. The molecule has 0 bridgehead atoms. The zero-order valence-corrected chi connectivity index (χ0v) is 13.2. The quantitative estimate of drug-likeness (QED) is 0.718. The van der Waals surface area contributed by atoms with E-state index in [1.807, 2.05) is 33.2 Å². The molecule has 0 spiro atoms. The first-order valence-corrected chi connectivity index (χ1v) is 7.74. The number of aliphatic hydroxyl groups excluding tert-OH is 1. The molecule has 0 saturated heterocycles. The first kappa shape index (κ1) is 15.9. The van der Waals surface area contributed by atoms with E-state index in [9.17, 15) is 9.90 Å². The second-order valence-electron chi connectivity index (χ2n) is 6.50. The van der Waals surface area contributed by atoms with Gasteiger partial charge in [0.15, 0.2) is 0 Å². The summed E-state index contributed by atoms with van der Waals surface area (Å²) in [6.45, 7) is 3.91. The highest BCUT2D eigenvalue weighted by Crippen LogP contribution is 2.39. The lowest BCUT2D eigenvalue weighted by Crippen LogP contribution is -2.55. The Balaban J connectivity index is 1.75. The van der Waals surface area contributed by atoms with E-state index in [2.05, 4.69) is 21.3 Å². The molecule has 3 N–H and O–H groups in total. The third-order valence-electron chi connectivity index (χ3n) is 4.47. The Morgan fingerprint density at radius 1 is 1.57 bits per heavy atom. The van der Waals surface area contributed by atoms with Crippen LogP contribution in [0.25, 0.3) is 0 Å². The molecule has 2 amide bonds. The first-order valence-electron chi connectivity index (χ1n) is 7.74. The number of carbonyl (C=O) groups excluding carboxylic acids is 1. The van der Waals surface area contributed by atoms with Gasteiger partial charge in [-0.2, -0.15) is 0 Å². The zero-order valence-electron chi connectivity index (χ0n) is 13.2. The summed E-state index contributed by atoms with van der Waals surface area (Å²) in [4.78, 5) is 12.0. The van der Waals surface area contributed by atoms with Crippen molar-refractivity contribution in [2.75, 3.05) is 6.61 Å². The van der Waals surface area contributed by atoms with Crippen molar-refractivity contribution in [1.82, 2.24) is 15.2 Å². The van der Waals surface area contributed by atoms with Crippen LogP contribution in [0.4, 0.5) is 4.79 Å². The molecule has 21 heavy (non-hydrogen) atoms. The summed E-state index contributed by atoms with van der Waals surface area (Å²) in [6, 6.07) is 4.05. The Bertz CT molecular complexity index is 482. The van der Waals surface area contributed by atoms with E-state index >= 15 is 0 Å². The third kappa shape index (κ3) is 4.24. The van der Waals surface area contributed by atoms with Gasteiger partial charge in [0, 0.05) is 25.0 Å². The van der Waals surface area contributed by atoms with Crippen LogP contribution < -0.4 is 10.6 Å². The molecule has 1 heterocycles. The molecule has 1 saturated carbocycles. The van der Waals surface area contributed by atoms with Gasteiger partial charge in [-0.15, -0.1) is 0 Å². The number of hydrogen-bond donors (Lipinski definition) is 3. The predicted octanol–water partition coefficient (Wildman–Crippen LogP) is 1.81. The lowest BCUT2D eigenvalue weighted by molar-refractivity contribution is 0.154. The fraction of sp³-hybridized carbons (Fsp3) is 0.688. The molecule has 1 aromatic heterocycles. The topological polar surface area (TPSA) is 66.3 Å². The van der Waals surface area contributed by atoms with Gasteiger partial charge in [0.2, 0.25) is 0 Å². The Labute approximate surface area is 126 Å². The maximum Gasteiger partial charge on any atom is 0.315 e. The SMILES string of the molecule is CC(CCc1cccn1C)NC(=O)NC(C)(CO)C1CC1. The van der Waals surface area contributed by atoms with Gasteiger partial charge in [-0.05, 0) is 57.6 Å². The first-order chi connectivity index (χ1) is 9.94. The minimum Gasteiger partial charge on any atom is -0.394 e. The van der Waals surface area contributed by atoms with Crippen LogP contribution in [0, 0.1) is 5.92 Å². The van der Waals surface area contributed by atoms with Crippen molar-refractivity contribution < 1.29 is 9.90 Å². The van der Waals surface area contributed by atoms with E-state index in [0.29, 0.717) is 5.92 Å². The van der Waals surface area contributed by atoms with Gasteiger partial charge in [-0.1, -0.05) is 0 Å². The van der Waals surface area contributed by atoms with Crippen LogP contribution in [0.3, 0.4) is 0 Å². The van der Waals surface area contributed by atoms with Crippen LogP contribution in [0.15, 0.2) is 18.3 Å². The molecule has 0 aliphatic heterocycles. The summed E-state index contributed by atoms with van der Waals surface area (Å²) >= 11 is 0. The van der Waals surface area contributed by atoms with Crippen molar-refractivity contribution in [2.24, 2.45) is 13.0 Å². The lowest BCUT2D eigenvalue weighted by atomic mass is 9.97. The van der Waals surface area contributed by atoms with Gasteiger partial charge in [0.05, 0.1) is 12.1 Å². The molecule has 2 rings (SSSR count). The van der Waals surface area contributed by atoms with E-state index in [4.69, 9.17) is 0 Å². The van der Waals surface area contributed by atoms with Crippen LogP contribution in [0.1, 0.15) is 38.8 Å². The zero-order chi connectivity index (χ0) is 15.5.